The summed E-state index contributed by atoms with van der Waals surface area (Å²) in [5.41, 5.74) is 0.899. The van der Waals surface area contributed by atoms with Crippen LogP contribution in [0.5, 0.6) is 11.5 Å². The van der Waals surface area contributed by atoms with E-state index in [1.807, 2.05) is 24.3 Å². The summed E-state index contributed by atoms with van der Waals surface area (Å²) in [7, 11) is 1.48. The number of nitrogens with zero attached hydrogens (tertiary/aromatic N) is 3. The number of furan rings is 1. The fraction of sp³-hybridized carbons (Fsp3) is 0.520. The third-order valence-electron chi connectivity index (χ3n) is 6.04. The zero-order chi connectivity index (χ0) is 24.5. The van der Waals surface area contributed by atoms with Gasteiger partial charge in [0, 0.05) is 39.8 Å². The quantitative estimate of drug-likeness (QED) is 0.447. The number of hydrogen-bond donors (Lipinski definition) is 0. The molecule has 10 nitrogen and oxygen atoms in total. The van der Waals surface area contributed by atoms with Gasteiger partial charge in [-0.1, -0.05) is 6.07 Å². The lowest BCUT2D eigenvalue weighted by Crippen LogP contribution is -2.45. The van der Waals surface area contributed by atoms with Gasteiger partial charge in [-0.15, -0.1) is 0 Å². The summed E-state index contributed by atoms with van der Waals surface area (Å²) in [5, 5.41) is 0. The van der Waals surface area contributed by atoms with Crippen molar-refractivity contribution in [3.05, 3.63) is 47.9 Å². The number of methoxy groups -OCH3 is 1. The van der Waals surface area contributed by atoms with Crippen LogP contribution in [0.3, 0.4) is 0 Å². The molecule has 0 atom stereocenters. The first kappa shape index (κ1) is 25.0. The number of rotatable bonds is 12. The van der Waals surface area contributed by atoms with Gasteiger partial charge in [0.25, 0.3) is 0 Å². The molecule has 2 aromatic rings. The zero-order valence-electron chi connectivity index (χ0n) is 20.1. The standard InChI is InChI=1S/C25H33N3O7/c1-31-18-25(30)27(8-3-7-26-9-12-32-13-10-26)17-24(29)28(16-21-4-2-11-33-21)15-20-5-6-22-23(14-20)35-19-34-22/h2,4-6,11,14H,3,7-10,12-13,15-19H2,1H3. The third-order valence-corrected chi connectivity index (χ3v) is 6.04. The summed E-state index contributed by atoms with van der Waals surface area (Å²) >= 11 is 0. The number of benzene rings is 1. The van der Waals surface area contributed by atoms with E-state index >= 15 is 0 Å². The Morgan fingerprint density at radius 1 is 1.03 bits per heavy atom. The fourth-order valence-electron chi connectivity index (χ4n) is 4.16. The zero-order valence-corrected chi connectivity index (χ0v) is 20.1. The van der Waals surface area contributed by atoms with Crippen LogP contribution >= 0.6 is 0 Å². The van der Waals surface area contributed by atoms with Crippen molar-refractivity contribution in [2.24, 2.45) is 0 Å². The van der Waals surface area contributed by atoms with Crippen LogP contribution in [-0.2, 0) is 32.2 Å². The maximum Gasteiger partial charge on any atom is 0.249 e. The monoisotopic (exact) mass is 487 g/mol. The fourth-order valence-corrected chi connectivity index (χ4v) is 4.16. The highest BCUT2D eigenvalue weighted by Gasteiger charge is 2.24. The molecule has 0 N–H and O–H groups in total. The highest BCUT2D eigenvalue weighted by molar-refractivity contribution is 5.85. The number of carbonyl (C=O) groups excluding carboxylic acids is 2. The maximum absolute atomic E-state index is 13.5. The Balaban J connectivity index is 1.42. The van der Waals surface area contributed by atoms with Crippen molar-refractivity contribution in [3.8, 4) is 11.5 Å². The number of amides is 2. The first-order valence-corrected chi connectivity index (χ1v) is 11.9. The number of carbonyl (C=O) groups is 2. The molecule has 0 radical (unpaired) electrons. The minimum atomic E-state index is -0.205. The Bertz CT molecular complexity index is 960. The summed E-state index contributed by atoms with van der Waals surface area (Å²) in [6.45, 7) is 5.28. The second-order valence-corrected chi connectivity index (χ2v) is 8.57. The van der Waals surface area contributed by atoms with Crippen LogP contribution in [0.1, 0.15) is 17.7 Å². The second kappa shape index (κ2) is 12.6. The van der Waals surface area contributed by atoms with Crippen LogP contribution in [0.15, 0.2) is 41.0 Å². The molecular weight excluding hydrogens is 454 g/mol. The van der Waals surface area contributed by atoms with Crippen LogP contribution in [0.2, 0.25) is 0 Å². The number of ether oxygens (including phenoxy) is 4. The molecule has 190 valence electrons. The van der Waals surface area contributed by atoms with Crippen LogP contribution in [-0.4, -0.2) is 93.0 Å². The van der Waals surface area contributed by atoms with Gasteiger partial charge in [0.2, 0.25) is 18.6 Å². The molecule has 3 heterocycles. The molecule has 1 aromatic carbocycles. The largest absolute Gasteiger partial charge is 0.467 e. The minimum absolute atomic E-state index is 0.0312. The van der Waals surface area contributed by atoms with Crippen LogP contribution in [0.4, 0.5) is 0 Å². The first-order valence-electron chi connectivity index (χ1n) is 11.9. The molecule has 2 amide bonds. The summed E-state index contributed by atoms with van der Waals surface area (Å²) in [6.07, 6.45) is 2.35. The lowest BCUT2D eigenvalue weighted by molar-refractivity contribution is -0.143. The van der Waals surface area contributed by atoms with Gasteiger partial charge < -0.3 is 33.2 Å². The van der Waals surface area contributed by atoms with E-state index in [4.69, 9.17) is 23.4 Å². The van der Waals surface area contributed by atoms with E-state index in [-0.39, 0.29) is 31.8 Å². The molecule has 1 saturated heterocycles. The van der Waals surface area contributed by atoms with Gasteiger partial charge in [-0.2, -0.15) is 0 Å². The second-order valence-electron chi connectivity index (χ2n) is 8.57. The topological polar surface area (TPSA) is 93.9 Å². The third kappa shape index (κ3) is 7.20. The van der Waals surface area contributed by atoms with Gasteiger partial charge in [-0.25, -0.2) is 0 Å². The summed E-state index contributed by atoms with van der Waals surface area (Å²) < 4.78 is 26.8. The Morgan fingerprint density at radius 2 is 1.86 bits per heavy atom. The summed E-state index contributed by atoms with van der Waals surface area (Å²) in [5.74, 6) is 1.64. The SMILES string of the molecule is COCC(=O)N(CCCN1CCOCC1)CC(=O)N(Cc1ccc2c(c1)OCO2)Cc1ccco1. The van der Waals surface area contributed by atoms with Crippen LogP contribution in [0.25, 0.3) is 0 Å². The lowest BCUT2D eigenvalue weighted by atomic mass is 10.2. The van der Waals surface area contributed by atoms with Crippen LogP contribution < -0.4 is 9.47 Å². The van der Waals surface area contributed by atoms with Crippen molar-refractivity contribution in [1.29, 1.82) is 0 Å². The van der Waals surface area contributed by atoms with Crippen molar-refractivity contribution in [3.63, 3.8) is 0 Å². The van der Waals surface area contributed by atoms with E-state index in [0.29, 0.717) is 36.9 Å². The van der Waals surface area contributed by atoms with E-state index in [1.54, 1.807) is 22.1 Å². The minimum Gasteiger partial charge on any atom is -0.467 e. The Kier molecular flexibility index (Phi) is 8.99. The van der Waals surface area contributed by atoms with E-state index in [2.05, 4.69) is 4.90 Å². The van der Waals surface area contributed by atoms with Crippen LogP contribution in [0, 0.1) is 0 Å². The molecule has 0 bridgehead atoms. The first-order chi connectivity index (χ1) is 17.1. The predicted molar refractivity (Wildman–Crippen MR) is 126 cm³/mol. The van der Waals surface area contributed by atoms with E-state index in [9.17, 15) is 9.59 Å². The molecule has 0 aliphatic carbocycles. The molecule has 35 heavy (non-hydrogen) atoms. The molecule has 2 aliphatic heterocycles. The van der Waals surface area contributed by atoms with E-state index in [0.717, 1.165) is 44.8 Å². The molecule has 2 aliphatic rings. The maximum atomic E-state index is 13.5. The molecule has 1 aromatic heterocycles. The average Bonchev–Trinajstić information content (AvgIpc) is 3.55. The summed E-state index contributed by atoms with van der Waals surface area (Å²) in [6, 6.07) is 9.25. The smallest absolute Gasteiger partial charge is 0.249 e. The molecule has 0 unspecified atom stereocenters. The van der Waals surface area contributed by atoms with Gasteiger partial charge in [-0.3, -0.25) is 14.5 Å². The lowest BCUT2D eigenvalue weighted by Gasteiger charge is -2.29. The molecule has 0 spiro atoms. The normalized spacial score (nSPS) is 15.2. The number of fused-ring (bicyclic) bond motifs is 1. The van der Waals surface area contributed by atoms with E-state index < -0.39 is 0 Å². The highest BCUT2D eigenvalue weighted by Crippen LogP contribution is 2.33. The molecule has 10 heteroatoms. The van der Waals surface area contributed by atoms with E-state index in [1.165, 1.54) is 7.11 Å². The molecular formula is C25H33N3O7. The Morgan fingerprint density at radius 3 is 2.63 bits per heavy atom. The van der Waals surface area contributed by atoms with Gasteiger partial charge in [0.15, 0.2) is 11.5 Å². The highest BCUT2D eigenvalue weighted by atomic mass is 16.7. The van der Waals surface area contributed by atoms with Crippen molar-refractivity contribution in [2.75, 3.05) is 66.4 Å². The van der Waals surface area contributed by atoms with Gasteiger partial charge in [0.1, 0.15) is 12.4 Å². The molecule has 0 saturated carbocycles. The number of hydrogen-bond acceptors (Lipinski definition) is 8. The molecule has 4 rings (SSSR count). The van der Waals surface area contributed by atoms with Crippen molar-refractivity contribution >= 4 is 11.8 Å². The molecule has 1 fully saturated rings. The summed E-state index contributed by atoms with van der Waals surface area (Å²) in [4.78, 5) is 31.8. The Hall–Kier alpha value is -3.08. The number of morpholine rings is 1. The van der Waals surface area contributed by atoms with Crippen molar-refractivity contribution < 1.29 is 33.0 Å². The van der Waals surface area contributed by atoms with Gasteiger partial charge in [0.05, 0.1) is 32.6 Å². The van der Waals surface area contributed by atoms with Crippen molar-refractivity contribution in [1.82, 2.24) is 14.7 Å². The van der Waals surface area contributed by atoms with Gasteiger partial charge in [-0.05, 0) is 36.2 Å². The average molecular weight is 488 g/mol. The Labute approximate surface area is 205 Å². The predicted octanol–water partition coefficient (Wildman–Crippen LogP) is 1.73. The van der Waals surface area contributed by atoms with Crippen molar-refractivity contribution in [2.45, 2.75) is 19.5 Å². The van der Waals surface area contributed by atoms with Gasteiger partial charge >= 0.3 is 0 Å².